The van der Waals surface area contributed by atoms with Crippen LogP contribution in [-0.4, -0.2) is 60.3 Å². The van der Waals surface area contributed by atoms with Gasteiger partial charge in [-0.25, -0.2) is 0 Å². The summed E-state index contributed by atoms with van der Waals surface area (Å²) >= 11 is 0. The predicted octanol–water partition coefficient (Wildman–Crippen LogP) is -1.25. The minimum atomic E-state index is -1.02. The minimum absolute atomic E-state index is 0.0952. The molecule has 0 aromatic heterocycles. The van der Waals surface area contributed by atoms with Crippen LogP contribution in [0.3, 0.4) is 0 Å². The maximum absolute atomic E-state index is 11.9. The van der Waals surface area contributed by atoms with Gasteiger partial charge in [0.25, 0.3) is 0 Å². The van der Waals surface area contributed by atoms with E-state index in [2.05, 4.69) is 0 Å². The molecule has 5 N–H and O–H groups in total. The van der Waals surface area contributed by atoms with Crippen LogP contribution in [0.1, 0.15) is 19.3 Å². The number of aliphatic carboxylic acids is 1. The Morgan fingerprint density at radius 2 is 1.72 bits per heavy atom. The van der Waals surface area contributed by atoms with E-state index in [9.17, 15) is 9.59 Å². The Bertz CT molecular complexity index is 292. The van der Waals surface area contributed by atoms with Crippen molar-refractivity contribution in [3.05, 3.63) is 0 Å². The number of carboxylic acid groups (broad SMARTS) is 1. The Morgan fingerprint density at radius 3 is 2.28 bits per heavy atom. The summed E-state index contributed by atoms with van der Waals surface area (Å²) in [4.78, 5) is 24.1. The van der Waals surface area contributed by atoms with E-state index in [1.54, 1.807) is 4.90 Å². The topological polar surface area (TPSA) is 119 Å². The van der Waals surface area contributed by atoms with E-state index in [1.807, 2.05) is 0 Å². The van der Waals surface area contributed by atoms with Crippen molar-refractivity contribution in [3.63, 3.8) is 0 Å². The summed E-state index contributed by atoms with van der Waals surface area (Å²) in [7, 11) is 0. The first-order valence-electron chi connectivity index (χ1n) is 6.13. The smallest absolute Gasteiger partial charge is 0.320 e. The van der Waals surface area contributed by atoms with Gasteiger partial charge in [0.2, 0.25) is 5.91 Å². The van der Waals surface area contributed by atoms with Crippen molar-refractivity contribution in [2.24, 2.45) is 11.5 Å². The Hall–Kier alpha value is -1.18. The molecule has 0 aliphatic carbocycles. The lowest BCUT2D eigenvalue weighted by Gasteiger charge is -2.29. The maximum Gasteiger partial charge on any atom is 0.320 e. The predicted molar refractivity (Wildman–Crippen MR) is 64.8 cm³/mol. The summed E-state index contributed by atoms with van der Waals surface area (Å²) < 4.78 is 5.15. The first-order valence-corrected chi connectivity index (χ1v) is 6.13. The second kappa shape index (κ2) is 7.30. The number of morpholine rings is 1. The van der Waals surface area contributed by atoms with E-state index in [0.717, 1.165) is 0 Å². The molecule has 0 aromatic rings. The van der Waals surface area contributed by atoms with Gasteiger partial charge in [0.05, 0.1) is 19.3 Å². The molecule has 7 nitrogen and oxygen atoms in total. The largest absolute Gasteiger partial charge is 0.480 e. The van der Waals surface area contributed by atoms with Gasteiger partial charge in [-0.2, -0.15) is 0 Å². The molecule has 1 fully saturated rings. The van der Waals surface area contributed by atoms with Crippen LogP contribution >= 0.6 is 0 Å². The van der Waals surface area contributed by atoms with Gasteiger partial charge in [0, 0.05) is 13.1 Å². The lowest BCUT2D eigenvalue weighted by molar-refractivity contribution is -0.138. The molecule has 7 heteroatoms. The van der Waals surface area contributed by atoms with E-state index in [4.69, 9.17) is 21.3 Å². The molecule has 1 heterocycles. The fourth-order valence-electron chi connectivity index (χ4n) is 1.82. The Balaban J connectivity index is 2.24. The van der Waals surface area contributed by atoms with Gasteiger partial charge >= 0.3 is 5.97 Å². The van der Waals surface area contributed by atoms with Crippen LogP contribution in [0.4, 0.5) is 0 Å². The monoisotopic (exact) mass is 259 g/mol. The molecule has 0 spiro atoms. The number of rotatable bonds is 6. The second-order valence-electron chi connectivity index (χ2n) is 4.42. The fraction of sp³-hybridized carbons (Fsp3) is 0.818. The molecule has 1 rings (SSSR count). The first kappa shape index (κ1) is 14.9. The molecule has 0 aromatic carbocycles. The number of carboxylic acids is 1. The fourth-order valence-corrected chi connectivity index (χ4v) is 1.82. The molecule has 2 atom stereocenters. The third-order valence-electron chi connectivity index (χ3n) is 2.99. The molecule has 0 saturated carbocycles. The molecule has 0 bridgehead atoms. The number of hydrogen-bond acceptors (Lipinski definition) is 5. The number of nitrogens with zero attached hydrogens (tertiary/aromatic N) is 1. The van der Waals surface area contributed by atoms with Crippen LogP contribution in [0.15, 0.2) is 0 Å². The Labute approximate surface area is 106 Å². The van der Waals surface area contributed by atoms with Crippen molar-refractivity contribution < 1.29 is 19.4 Å². The second-order valence-corrected chi connectivity index (χ2v) is 4.42. The highest BCUT2D eigenvalue weighted by atomic mass is 16.5. The van der Waals surface area contributed by atoms with E-state index in [0.29, 0.717) is 45.6 Å². The summed E-state index contributed by atoms with van der Waals surface area (Å²) in [6, 6.07) is -1.46. The Kier molecular flexibility index (Phi) is 6.03. The van der Waals surface area contributed by atoms with Crippen molar-refractivity contribution in [3.8, 4) is 0 Å². The van der Waals surface area contributed by atoms with Crippen LogP contribution in [0.5, 0.6) is 0 Å². The van der Waals surface area contributed by atoms with Crippen molar-refractivity contribution in [1.82, 2.24) is 4.90 Å². The Morgan fingerprint density at radius 1 is 1.17 bits per heavy atom. The zero-order chi connectivity index (χ0) is 13.5. The molecule has 1 aliphatic rings. The molecule has 1 unspecified atom stereocenters. The molecule has 0 radical (unpaired) electrons. The number of carbonyl (C=O) groups excluding carboxylic acids is 1. The average Bonchev–Trinajstić information content (AvgIpc) is 2.38. The zero-order valence-electron chi connectivity index (χ0n) is 10.4. The number of amides is 1. The van der Waals surface area contributed by atoms with Gasteiger partial charge in [-0.15, -0.1) is 0 Å². The van der Waals surface area contributed by atoms with Gasteiger partial charge < -0.3 is 26.2 Å². The van der Waals surface area contributed by atoms with E-state index < -0.39 is 18.1 Å². The third kappa shape index (κ3) is 4.59. The normalized spacial score (nSPS) is 19.3. The summed E-state index contributed by atoms with van der Waals surface area (Å²) in [6.07, 6.45) is 1.32. The molecular weight excluding hydrogens is 238 g/mol. The number of hydrogen-bond donors (Lipinski definition) is 3. The highest BCUT2D eigenvalue weighted by molar-refractivity contribution is 5.81. The van der Waals surface area contributed by atoms with E-state index >= 15 is 0 Å². The summed E-state index contributed by atoms with van der Waals surface area (Å²) in [5, 5.41) is 8.61. The number of nitrogens with two attached hydrogens (primary N) is 2. The van der Waals surface area contributed by atoms with Crippen LogP contribution in [0, 0.1) is 0 Å². The van der Waals surface area contributed by atoms with Crippen LogP contribution in [-0.2, 0) is 14.3 Å². The van der Waals surface area contributed by atoms with E-state index in [1.165, 1.54) is 0 Å². The number of ether oxygens (including phenoxy) is 1. The third-order valence-corrected chi connectivity index (χ3v) is 2.99. The SMILES string of the molecule is NC(CCC[C@H](N)C(=O)O)C(=O)N1CCOCC1. The van der Waals surface area contributed by atoms with Gasteiger partial charge in [-0.05, 0) is 19.3 Å². The van der Waals surface area contributed by atoms with Gasteiger partial charge in [0.1, 0.15) is 6.04 Å². The zero-order valence-corrected chi connectivity index (χ0v) is 10.4. The standard InChI is InChI=1S/C11H21N3O4/c12-8(2-1-3-9(13)11(16)17)10(15)14-4-6-18-7-5-14/h8-9H,1-7,12-13H2,(H,16,17)/t8?,9-/m0/s1. The first-order chi connectivity index (χ1) is 8.52. The minimum Gasteiger partial charge on any atom is -0.480 e. The molecule has 1 saturated heterocycles. The molecule has 104 valence electrons. The van der Waals surface area contributed by atoms with Crippen molar-refractivity contribution in [2.45, 2.75) is 31.3 Å². The highest BCUT2D eigenvalue weighted by Gasteiger charge is 2.23. The van der Waals surface area contributed by atoms with Gasteiger partial charge in [-0.3, -0.25) is 9.59 Å². The van der Waals surface area contributed by atoms with Crippen LogP contribution in [0.25, 0.3) is 0 Å². The number of carbonyl (C=O) groups is 2. The highest BCUT2D eigenvalue weighted by Crippen LogP contribution is 2.06. The molecular formula is C11H21N3O4. The van der Waals surface area contributed by atoms with Crippen molar-refractivity contribution in [1.29, 1.82) is 0 Å². The lowest BCUT2D eigenvalue weighted by atomic mass is 10.1. The maximum atomic E-state index is 11.9. The molecule has 1 aliphatic heterocycles. The van der Waals surface area contributed by atoms with Gasteiger partial charge in [-0.1, -0.05) is 0 Å². The van der Waals surface area contributed by atoms with Gasteiger partial charge in [0.15, 0.2) is 0 Å². The van der Waals surface area contributed by atoms with Crippen molar-refractivity contribution >= 4 is 11.9 Å². The quantitative estimate of drug-likeness (QED) is 0.548. The summed E-state index contributed by atoms with van der Waals surface area (Å²) in [5.74, 6) is -1.12. The van der Waals surface area contributed by atoms with E-state index in [-0.39, 0.29) is 5.91 Å². The van der Waals surface area contributed by atoms with Crippen molar-refractivity contribution in [2.75, 3.05) is 26.3 Å². The van der Waals surface area contributed by atoms with Crippen LogP contribution in [0.2, 0.25) is 0 Å². The summed E-state index contributed by atoms with van der Waals surface area (Å²) in [5.41, 5.74) is 11.2. The summed E-state index contributed by atoms with van der Waals surface area (Å²) in [6.45, 7) is 2.23. The van der Waals surface area contributed by atoms with Crippen LogP contribution < -0.4 is 11.5 Å². The molecule has 18 heavy (non-hydrogen) atoms. The molecule has 1 amide bonds. The average molecular weight is 259 g/mol. The lowest BCUT2D eigenvalue weighted by Crippen LogP contribution is -2.48.